The minimum Gasteiger partial charge on any atom is -0.294 e. The molecule has 5 rings (SSSR count). The molecule has 2 aromatic heterocycles. The van der Waals surface area contributed by atoms with Gasteiger partial charge in [0.2, 0.25) is 5.16 Å². The highest BCUT2D eigenvalue weighted by molar-refractivity contribution is 9.10. The van der Waals surface area contributed by atoms with Crippen LogP contribution in [0.5, 0.6) is 0 Å². The monoisotopic (exact) mass is 506 g/mol. The van der Waals surface area contributed by atoms with Crippen LogP contribution in [-0.2, 0) is 12.2 Å². The van der Waals surface area contributed by atoms with Crippen molar-refractivity contribution in [2.24, 2.45) is 0 Å². The second kappa shape index (κ2) is 8.79. The average molecular weight is 507 g/mol. The van der Waals surface area contributed by atoms with Gasteiger partial charge in [-0.3, -0.25) is 4.79 Å². The molecule has 1 aliphatic rings. The summed E-state index contributed by atoms with van der Waals surface area (Å²) in [6.07, 6.45) is 3.04. The highest BCUT2D eigenvalue weighted by Gasteiger charge is 2.28. The van der Waals surface area contributed by atoms with Crippen LogP contribution in [0.4, 0.5) is 0 Å². The van der Waals surface area contributed by atoms with Crippen LogP contribution in [0.1, 0.15) is 64.8 Å². The van der Waals surface area contributed by atoms with Crippen molar-refractivity contribution in [2.45, 2.75) is 49.4 Å². The predicted octanol–water partition coefficient (Wildman–Crippen LogP) is 6.22. The Hall–Kier alpha value is -2.51. The van der Waals surface area contributed by atoms with Crippen molar-refractivity contribution >= 4 is 39.3 Å². The standard InChI is InChI=1S/C25H23BrN4OS/c1-15(2)17-5-7-18(8-6-17)19-11-22-21(23(31)12-19)13-30-24(27-22)28-25(29-30)32-14-16-3-9-20(26)10-4-16/h3-10,13,15,19H,11-12,14H2,1-2H3/t19-/m1/s1. The van der Waals surface area contributed by atoms with Crippen LogP contribution in [0.3, 0.4) is 0 Å². The third kappa shape index (κ3) is 4.36. The first kappa shape index (κ1) is 21.3. The molecule has 0 fully saturated rings. The average Bonchev–Trinajstić information content (AvgIpc) is 3.19. The van der Waals surface area contributed by atoms with E-state index in [-0.39, 0.29) is 11.7 Å². The first-order valence-corrected chi connectivity index (χ1v) is 12.5. The van der Waals surface area contributed by atoms with E-state index in [0.717, 1.165) is 22.3 Å². The summed E-state index contributed by atoms with van der Waals surface area (Å²) in [6.45, 7) is 4.38. The number of thioether (sulfide) groups is 1. The molecule has 0 radical (unpaired) electrons. The summed E-state index contributed by atoms with van der Waals surface area (Å²) in [6, 6.07) is 16.9. The summed E-state index contributed by atoms with van der Waals surface area (Å²) >= 11 is 5.03. The van der Waals surface area contributed by atoms with Gasteiger partial charge in [-0.05, 0) is 47.1 Å². The zero-order chi connectivity index (χ0) is 22.2. The molecule has 0 aliphatic heterocycles. The maximum atomic E-state index is 12.9. The summed E-state index contributed by atoms with van der Waals surface area (Å²) in [7, 11) is 0. The van der Waals surface area contributed by atoms with E-state index in [9.17, 15) is 4.79 Å². The maximum absolute atomic E-state index is 12.9. The summed E-state index contributed by atoms with van der Waals surface area (Å²) in [5.74, 6) is 2.10. The van der Waals surface area contributed by atoms with Crippen LogP contribution in [0.2, 0.25) is 0 Å². The first-order chi connectivity index (χ1) is 15.5. The number of aromatic nitrogens is 4. The summed E-state index contributed by atoms with van der Waals surface area (Å²) < 4.78 is 2.70. The quantitative estimate of drug-likeness (QED) is 0.301. The van der Waals surface area contributed by atoms with Crippen molar-refractivity contribution in [1.82, 2.24) is 19.6 Å². The van der Waals surface area contributed by atoms with Gasteiger partial charge in [0.1, 0.15) is 0 Å². The molecule has 0 N–H and O–H groups in total. The molecule has 0 bridgehead atoms. The lowest BCUT2D eigenvalue weighted by Gasteiger charge is -2.23. The molecule has 7 heteroatoms. The molecular formula is C25H23BrN4OS. The van der Waals surface area contributed by atoms with Crippen LogP contribution < -0.4 is 0 Å². The van der Waals surface area contributed by atoms with E-state index in [1.807, 2.05) is 12.1 Å². The number of rotatable bonds is 5. The number of hydrogen-bond acceptors (Lipinski definition) is 5. The van der Waals surface area contributed by atoms with E-state index in [1.165, 1.54) is 16.7 Å². The number of hydrogen-bond donors (Lipinski definition) is 0. The SMILES string of the molecule is CC(C)c1ccc([C@H]2CC(=O)c3cn4nc(SCc5ccc(Br)cc5)nc4nc3C2)cc1. The minimum absolute atomic E-state index is 0.123. The summed E-state index contributed by atoms with van der Waals surface area (Å²) in [5, 5.41) is 5.20. The molecular weight excluding hydrogens is 484 g/mol. The molecule has 4 aromatic rings. The third-order valence-corrected chi connectivity index (χ3v) is 7.36. The molecule has 0 saturated carbocycles. The van der Waals surface area contributed by atoms with Gasteiger partial charge in [0.15, 0.2) is 5.78 Å². The summed E-state index contributed by atoms with van der Waals surface area (Å²) in [4.78, 5) is 22.2. The molecule has 2 aromatic carbocycles. The maximum Gasteiger partial charge on any atom is 0.253 e. The second-order valence-electron chi connectivity index (χ2n) is 8.51. The Labute approximate surface area is 199 Å². The van der Waals surface area contributed by atoms with E-state index in [1.54, 1.807) is 22.5 Å². The van der Waals surface area contributed by atoms with Crippen molar-refractivity contribution in [3.8, 4) is 0 Å². The van der Waals surface area contributed by atoms with E-state index < -0.39 is 0 Å². The molecule has 2 heterocycles. The molecule has 0 unspecified atom stereocenters. The number of halogens is 1. The lowest BCUT2D eigenvalue weighted by Crippen LogP contribution is -2.21. The van der Waals surface area contributed by atoms with Gasteiger partial charge in [-0.25, -0.2) is 9.50 Å². The smallest absolute Gasteiger partial charge is 0.253 e. The topological polar surface area (TPSA) is 60.2 Å². The van der Waals surface area contributed by atoms with Crippen LogP contribution in [0, 0.1) is 0 Å². The first-order valence-electron chi connectivity index (χ1n) is 10.7. The van der Waals surface area contributed by atoms with E-state index in [4.69, 9.17) is 4.98 Å². The molecule has 5 nitrogen and oxygen atoms in total. The third-order valence-electron chi connectivity index (χ3n) is 5.92. The fourth-order valence-corrected chi connectivity index (χ4v) is 5.09. The predicted molar refractivity (Wildman–Crippen MR) is 130 cm³/mol. The zero-order valence-electron chi connectivity index (χ0n) is 18.0. The van der Waals surface area contributed by atoms with Crippen molar-refractivity contribution in [3.63, 3.8) is 0 Å². The van der Waals surface area contributed by atoms with E-state index in [0.29, 0.717) is 28.8 Å². The Balaban J connectivity index is 1.37. The number of nitrogens with zero attached hydrogens (tertiary/aromatic N) is 4. The number of ketones is 1. The fourth-order valence-electron chi connectivity index (χ4n) is 4.04. The number of benzene rings is 2. The van der Waals surface area contributed by atoms with Gasteiger partial charge in [-0.2, -0.15) is 4.98 Å². The number of fused-ring (bicyclic) bond motifs is 2. The van der Waals surface area contributed by atoms with Crippen molar-refractivity contribution in [2.75, 3.05) is 0 Å². The highest BCUT2D eigenvalue weighted by atomic mass is 79.9. The van der Waals surface area contributed by atoms with Gasteiger partial charge in [0, 0.05) is 22.8 Å². The van der Waals surface area contributed by atoms with Crippen LogP contribution in [0.15, 0.2) is 64.4 Å². The van der Waals surface area contributed by atoms with E-state index in [2.05, 4.69) is 76.3 Å². The second-order valence-corrected chi connectivity index (χ2v) is 10.4. The van der Waals surface area contributed by atoms with Gasteiger partial charge in [-0.15, -0.1) is 5.10 Å². The fraction of sp³-hybridized carbons (Fsp3) is 0.280. The molecule has 0 amide bonds. The van der Waals surface area contributed by atoms with Gasteiger partial charge in [0.25, 0.3) is 5.78 Å². The van der Waals surface area contributed by atoms with Crippen molar-refractivity contribution < 1.29 is 4.79 Å². The number of carbonyl (C=O) groups excluding carboxylic acids is 1. The van der Waals surface area contributed by atoms with Crippen molar-refractivity contribution in [3.05, 3.63) is 87.1 Å². The van der Waals surface area contributed by atoms with Crippen LogP contribution in [0.25, 0.3) is 5.78 Å². The minimum atomic E-state index is 0.123. The molecule has 1 atom stereocenters. The number of Topliss-reactive ketones (excluding diaryl/α,β-unsaturated/α-hetero) is 1. The molecule has 162 valence electrons. The van der Waals surface area contributed by atoms with Crippen molar-refractivity contribution in [1.29, 1.82) is 0 Å². The Kier molecular flexibility index (Phi) is 5.86. The Bertz CT molecular complexity index is 1280. The van der Waals surface area contributed by atoms with Crippen LogP contribution in [-0.4, -0.2) is 25.4 Å². The van der Waals surface area contributed by atoms with E-state index >= 15 is 0 Å². The van der Waals surface area contributed by atoms with Gasteiger partial charge in [0.05, 0.1) is 11.3 Å². The van der Waals surface area contributed by atoms with Gasteiger partial charge < -0.3 is 0 Å². The lowest BCUT2D eigenvalue weighted by atomic mass is 9.81. The zero-order valence-corrected chi connectivity index (χ0v) is 20.4. The Morgan fingerprint density at radius 2 is 1.81 bits per heavy atom. The van der Waals surface area contributed by atoms with Gasteiger partial charge >= 0.3 is 0 Å². The lowest BCUT2D eigenvalue weighted by molar-refractivity contribution is 0.0962. The Morgan fingerprint density at radius 3 is 2.53 bits per heavy atom. The Morgan fingerprint density at radius 1 is 1.06 bits per heavy atom. The molecule has 0 spiro atoms. The molecule has 0 saturated heterocycles. The summed E-state index contributed by atoms with van der Waals surface area (Å²) in [5.41, 5.74) is 5.20. The molecule has 32 heavy (non-hydrogen) atoms. The van der Waals surface area contributed by atoms with Crippen LogP contribution >= 0.6 is 27.7 Å². The normalized spacial score (nSPS) is 16.0. The molecule has 1 aliphatic carbocycles. The highest BCUT2D eigenvalue weighted by Crippen LogP contribution is 2.33. The number of carbonyl (C=O) groups is 1. The largest absolute Gasteiger partial charge is 0.294 e. The van der Waals surface area contributed by atoms with Gasteiger partial charge in [-0.1, -0.05) is 77.9 Å².